The Hall–Kier alpha value is -2.76. The van der Waals surface area contributed by atoms with Gasteiger partial charge in [0.05, 0.1) is 5.71 Å². The Morgan fingerprint density at radius 3 is 1.85 bits per heavy atom. The van der Waals surface area contributed by atoms with E-state index >= 15 is 0 Å². The van der Waals surface area contributed by atoms with Crippen molar-refractivity contribution >= 4 is 27.5 Å². The first-order valence-electron chi connectivity index (χ1n) is 8.46. The van der Waals surface area contributed by atoms with Crippen molar-refractivity contribution in [2.45, 2.75) is 12.5 Å². The topological polar surface area (TPSA) is 61.7 Å². The lowest BCUT2D eigenvalue weighted by Gasteiger charge is -2.27. The minimum atomic E-state index is -1.84. The van der Waals surface area contributed by atoms with E-state index in [9.17, 15) is 9.90 Å². The van der Waals surface area contributed by atoms with E-state index in [1.54, 1.807) is 55.5 Å². The standard InChI is InChI=1S/C22H19BrN2O2/c1-16(17-12-14-20(23)15-13-17)24-25-21(26)22(27,18-8-4-2-5-9-18)19-10-6-3-7-11-19/h2-15,27H,1H3,(H,25,26)/b24-16-. The number of nitrogens with one attached hydrogen (secondary N) is 1. The first kappa shape index (κ1) is 19.0. The van der Waals surface area contributed by atoms with Crippen LogP contribution in [-0.2, 0) is 10.4 Å². The third kappa shape index (κ3) is 4.15. The maximum Gasteiger partial charge on any atom is 0.281 e. The number of amides is 1. The lowest BCUT2D eigenvalue weighted by atomic mass is 9.85. The van der Waals surface area contributed by atoms with E-state index in [4.69, 9.17) is 0 Å². The van der Waals surface area contributed by atoms with Crippen LogP contribution < -0.4 is 5.43 Å². The molecule has 0 bridgehead atoms. The van der Waals surface area contributed by atoms with Gasteiger partial charge in [-0.25, -0.2) is 5.43 Å². The van der Waals surface area contributed by atoms with Crippen molar-refractivity contribution in [2.75, 3.05) is 0 Å². The number of hydrogen-bond acceptors (Lipinski definition) is 3. The number of halogens is 1. The summed E-state index contributed by atoms with van der Waals surface area (Å²) in [5, 5.41) is 15.5. The molecule has 2 N–H and O–H groups in total. The minimum absolute atomic E-state index is 0.477. The van der Waals surface area contributed by atoms with Crippen LogP contribution >= 0.6 is 15.9 Å². The smallest absolute Gasteiger partial charge is 0.281 e. The van der Waals surface area contributed by atoms with Crippen LogP contribution in [-0.4, -0.2) is 16.7 Å². The first-order valence-corrected chi connectivity index (χ1v) is 9.25. The average molecular weight is 423 g/mol. The Morgan fingerprint density at radius 1 is 0.889 bits per heavy atom. The Balaban J connectivity index is 1.92. The Morgan fingerprint density at radius 2 is 1.37 bits per heavy atom. The van der Waals surface area contributed by atoms with E-state index in [-0.39, 0.29) is 0 Å². The second kappa shape index (κ2) is 8.29. The largest absolute Gasteiger partial charge is 0.372 e. The zero-order valence-electron chi connectivity index (χ0n) is 14.8. The van der Waals surface area contributed by atoms with Crippen molar-refractivity contribution in [3.8, 4) is 0 Å². The van der Waals surface area contributed by atoms with Gasteiger partial charge in [0, 0.05) is 4.47 Å². The molecular formula is C22H19BrN2O2. The zero-order chi connectivity index (χ0) is 19.3. The highest BCUT2D eigenvalue weighted by Gasteiger charge is 2.39. The Labute approximate surface area is 166 Å². The summed E-state index contributed by atoms with van der Waals surface area (Å²) in [5.41, 5.74) is 3.15. The molecule has 5 heteroatoms. The van der Waals surface area contributed by atoms with Crippen LogP contribution in [0.1, 0.15) is 23.6 Å². The molecular weight excluding hydrogens is 404 g/mol. The van der Waals surface area contributed by atoms with Crippen LogP contribution in [0.4, 0.5) is 0 Å². The Bertz CT molecular complexity index is 900. The molecule has 0 spiro atoms. The molecule has 3 aromatic carbocycles. The van der Waals surface area contributed by atoms with Crippen molar-refractivity contribution < 1.29 is 9.90 Å². The third-order valence-corrected chi connectivity index (χ3v) is 4.83. The molecule has 0 aliphatic heterocycles. The Kier molecular flexibility index (Phi) is 5.84. The van der Waals surface area contributed by atoms with Crippen LogP contribution in [0.3, 0.4) is 0 Å². The molecule has 136 valence electrons. The summed E-state index contributed by atoms with van der Waals surface area (Å²) in [4.78, 5) is 13.0. The molecule has 0 saturated heterocycles. The van der Waals surface area contributed by atoms with Gasteiger partial charge in [0.2, 0.25) is 0 Å². The molecule has 0 heterocycles. The molecule has 1 amide bonds. The third-order valence-electron chi connectivity index (χ3n) is 4.30. The fourth-order valence-electron chi connectivity index (χ4n) is 2.76. The minimum Gasteiger partial charge on any atom is -0.372 e. The number of carbonyl (C=O) groups is 1. The first-order chi connectivity index (χ1) is 13.0. The van der Waals surface area contributed by atoms with Crippen LogP contribution in [0.2, 0.25) is 0 Å². The van der Waals surface area contributed by atoms with E-state index in [0.717, 1.165) is 10.0 Å². The number of aliphatic hydroxyl groups is 1. The SMILES string of the molecule is C/C(=N/NC(=O)C(O)(c1ccccc1)c1ccccc1)c1ccc(Br)cc1. The molecule has 3 aromatic rings. The lowest BCUT2D eigenvalue weighted by molar-refractivity contribution is -0.136. The molecule has 3 rings (SSSR count). The highest BCUT2D eigenvalue weighted by atomic mass is 79.9. The predicted octanol–water partition coefficient (Wildman–Crippen LogP) is 4.23. The number of hydrogen-bond donors (Lipinski definition) is 2. The molecule has 0 saturated carbocycles. The van der Waals surface area contributed by atoms with Crippen molar-refractivity contribution in [1.82, 2.24) is 5.43 Å². The van der Waals surface area contributed by atoms with Gasteiger partial charge in [-0.05, 0) is 35.7 Å². The van der Waals surface area contributed by atoms with Crippen LogP contribution in [0.15, 0.2) is 94.5 Å². The van der Waals surface area contributed by atoms with Gasteiger partial charge in [0.15, 0.2) is 5.60 Å². The van der Waals surface area contributed by atoms with Gasteiger partial charge in [0.1, 0.15) is 0 Å². The summed E-state index contributed by atoms with van der Waals surface area (Å²) in [7, 11) is 0. The summed E-state index contributed by atoms with van der Waals surface area (Å²) in [5.74, 6) is -0.614. The number of nitrogens with zero attached hydrogens (tertiary/aromatic N) is 1. The van der Waals surface area contributed by atoms with Crippen LogP contribution in [0.25, 0.3) is 0 Å². The van der Waals surface area contributed by atoms with Gasteiger partial charge in [-0.3, -0.25) is 4.79 Å². The molecule has 0 aliphatic rings. The van der Waals surface area contributed by atoms with Gasteiger partial charge < -0.3 is 5.11 Å². The van der Waals surface area contributed by atoms with E-state index in [0.29, 0.717) is 16.8 Å². The van der Waals surface area contributed by atoms with Crippen molar-refractivity contribution in [3.63, 3.8) is 0 Å². The highest BCUT2D eigenvalue weighted by molar-refractivity contribution is 9.10. The maximum absolute atomic E-state index is 13.0. The van der Waals surface area contributed by atoms with E-state index in [1.807, 2.05) is 36.4 Å². The van der Waals surface area contributed by atoms with Crippen LogP contribution in [0, 0.1) is 0 Å². The summed E-state index contributed by atoms with van der Waals surface area (Å²) < 4.78 is 0.964. The van der Waals surface area contributed by atoms with Crippen LogP contribution in [0.5, 0.6) is 0 Å². The molecule has 0 atom stereocenters. The van der Waals surface area contributed by atoms with Crippen molar-refractivity contribution in [1.29, 1.82) is 0 Å². The van der Waals surface area contributed by atoms with E-state index in [1.165, 1.54) is 0 Å². The fourth-order valence-corrected chi connectivity index (χ4v) is 3.02. The number of carbonyl (C=O) groups excluding carboxylic acids is 1. The summed E-state index contributed by atoms with van der Waals surface area (Å²) in [6.45, 7) is 1.80. The van der Waals surface area contributed by atoms with Gasteiger partial charge in [-0.1, -0.05) is 88.7 Å². The summed E-state index contributed by atoms with van der Waals surface area (Å²) >= 11 is 3.39. The molecule has 27 heavy (non-hydrogen) atoms. The zero-order valence-corrected chi connectivity index (χ0v) is 16.3. The van der Waals surface area contributed by atoms with E-state index in [2.05, 4.69) is 26.5 Å². The molecule has 0 radical (unpaired) electrons. The number of rotatable bonds is 5. The van der Waals surface area contributed by atoms with E-state index < -0.39 is 11.5 Å². The number of benzene rings is 3. The van der Waals surface area contributed by atoms with Crippen molar-refractivity contribution in [3.05, 3.63) is 106 Å². The molecule has 0 unspecified atom stereocenters. The summed E-state index contributed by atoms with van der Waals surface area (Å²) in [6, 6.07) is 25.3. The van der Waals surface area contributed by atoms with Gasteiger partial charge in [0.25, 0.3) is 5.91 Å². The van der Waals surface area contributed by atoms with Gasteiger partial charge in [-0.15, -0.1) is 0 Å². The molecule has 0 fully saturated rings. The van der Waals surface area contributed by atoms with Crippen molar-refractivity contribution in [2.24, 2.45) is 5.10 Å². The van der Waals surface area contributed by atoms with Gasteiger partial charge in [-0.2, -0.15) is 5.10 Å². The highest BCUT2D eigenvalue weighted by Crippen LogP contribution is 2.29. The fraction of sp³-hybridized carbons (Fsp3) is 0.0909. The second-order valence-electron chi connectivity index (χ2n) is 6.09. The summed E-state index contributed by atoms with van der Waals surface area (Å²) in [6.07, 6.45) is 0. The molecule has 0 aliphatic carbocycles. The normalized spacial score (nSPS) is 11.9. The lowest BCUT2D eigenvalue weighted by Crippen LogP contribution is -2.43. The quantitative estimate of drug-likeness (QED) is 0.477. The van der Waals surface area contributed by atoms with Gasteiger partial charge >= 0.3 is 0 Å². The second-order valence-corrected chi connectivity index (χ2v) is 7.00. The molecule has 4 nitrogen and oxygen atoms in total. The average Bonchev–Trinajstić information content (AvgIpc) is 2.73. The maximum atomic E-state index is 13.0. The number of hydrazone groups is 1. The monoisotopic (exact) mass is 422 g/mol. The molecule has 0 aromatic heterocycles. The predicted molar refractivity (Wildman–Crippen MR) is 110 cm³/mol.